The second kappa shape index (κ2) is 8.64. The number of hydrogen-bond acceptors (Lipinski definition) is 3. The summed E-state index contributed by atoms with van der Waals surface area (Å²) >= 11 is 0. The topological polar surface area (TPSA) is 63.4 Å². The van der Waals surface area contributed by atoms with Gasteiger partial charge in [-0.05, 0) is 18.4 Å². The number of aliphatic hydroxyl groups excluding tert-OH is 1. The number of nitro groups is 1. The highest BCUT2D eigenvalue weighted by atomic mass is 16.6. The number of nitro benzene ring substituents is 1. The SMILES string of the molecule is CCCCCCCC(O)Cc1ccc([N+](=O)[O-])cc1. The van der Waals surface area contributed by atoms with E-state index in [2.05, 4.69) is 6.92 Å². The van der Waals surface area contributed by atoms with E-state index in [1.54, 1.807) is 12.1 Å². The molecule has 0 radical (unpaired) electrons. The number of unbranched alkanes of at least 4 members (excludes halogenated alkanes) is 4. The average molecular weight is 265 g/mol. The molecule has 0 heterocycles. The van der Waals surface area contributed by atoms with Crippen LogP contribution in [0.2, 0.25) is 0 Å². The Labute approximate surface area is 114 Å². The van der Waals surface area contributed by atoms with Crippen molar-refractivity contribution in [3.05, 3.63) is 39.9 Å². The van der Waals surface area contributed by atoms with E-state index in [1.165, 1.54) is 37.8 Å². The standard InChI is InChI=1S/C15H23NO3/c1-2-3-4-5-6-7-15(17)12-13-8-10-14(11-9-13)16(18)19/h8-11,15,17H,2-7,12H2,1H3. The molecule has 1 N–H and O–H groups in total. The van der Waals surface area contributed by atoms with E-state index in [-0.39, 0.29) is 11.8 Å². The first-order valence-electron chi connectivity index (χ1n) is 7.05. The molecule has 19 heavy (non-hydrogen) atoms. The quantitative estimate of drug-likeness (QED) is 0.419. The van der Waals surface area contributed by atoms with Gasteiger partial charge in [-0.15, -0.1) is 0 Å². The van der Waals surface area contributed by atoms with Crippen LogP contribution in [-0.2, 0) is 6.42 Å². The molecule has 0 spiro atoms. The Morgan fingerprint density at radius 2 is 1.79 bits per heavy atom. The van der Waals surface area contributed by atoms with E-state index in [1.807, 2.05) is 0 Å². The van der Waals surface area contributed by atoms with Gasteiger partial charge in [0, 0.05) is 12.1 Å². The highest BCUT2D eigenvalue weighted by Crippen LogP contribution is 2.15. The lowest BCUT2D eigenvalue weighted by Crippen LogP contribution is -2.10. The minimum absolute atomic E-state index is 0.0952. The maximum absolute atomic E-state index is 10.5. The number of non-ortho nitro benzene ring substituents is 1. The van der Waals surface area contributed by atoms with E-state index in [0.29, 0.717) is 6.42 Å². The fourth-order valence-corrected chi connectivity index (χ4v) is 2.11. The highest BCUT2D eigenvalue weighted by Gasteiger charge is 2.08. The van der Waals surface area contributed by atoms with Crippen molar-refractivity contribution in [2.45, 2.75) is 58.0 Å². The molecule has 1 unspecified atom stereocenters. The second-order valence-electron chi connectivity index (χ2n) is 4.98. The minimum atomic E-state index is -0.409. The Morgan fingerprint density at radius 1 is 1.16 bits per heavy atom. The van der Waals surface area contributed by atoms with Crippen LogP contribution >= 0.6 is 0 Å². The fraction of sp³-hybridized carbons (Fsp3) is 0.600. The second-order valence-corrected chi connectivity index (χ2v) is 4.98. The lowest BCUT2D eigenvalue weighted by atomic mass is 10.0. The average Bonchev–Trinajstić information content (AvgIpc) is 2.39. The van der Waals surface area contributed by atoms with Crippen molar-refractivity contribution in [3.8, 4) is 0 Å². The normalized spacial score (nSPS) is 12.3. The first kappa shape index (κ1) is 15.6. The summed E-state index contributed by atoms with van der Waals surface area (Å²) in [7, 11) is 0. The Morgan fingerprint density at radius 3 is 2.37 bits per heavy atom. The molecule has 0 bridgehead atoms. The smallest absolute Gasteiger partial charge is 0.269 e. The minimum Gasteiger partial charge on any atom is -0.393 e. The highest BCUT2D eigenvalue weighted by molar-refractivity contribution is 5.33. The predicted octanol–water partition coefficient (Wildman–Crippen LogP) is 3.86. The predicted molar refractivity (Wildman–Crippen MR) is 76.2 cm³/mol. The van der Waals surface area contributed by atoms with Gasteiger partial charge in [-0.2, -0.15) is 0 Å². The molecule has 0 saturated carbocycles. The first-order valence-corrected chi connectivity index (χ1v) is 7.05. The van der Waals surface area contributed by atoms with Crippen LogP contribution in [0.5, 0.6) is 0 Å². The van der Waals surface area contributed by atoms with Gasteiger partial charge in [0.2, 0.25) is 0 Å². The monoisotopic (exact) mass is 265 g/mol. The van der Waals surface area contributed by atoms with E-state index < -0.39 is 4.92 Å². The van der Waals surface area contributed by atoms with Gasteiger partial charge in [0.15, 0.2) is 0 Å². The molecular formula is C15H23NO3. The first-order chi connectivity index (χ1) is 9.13. The molecule has 0 aromatic heterocycles. The van der Waals surface area contributed by atoms with Gasteiger partial charge < -0.3 is 5.11 Å². The zero-order chi connectivity index (χ0) is 14.1. The van der Waals surface area contributed by atoms with Crippen molar-refractivity contribution in [2.75, 3.05) is 0 Å². The third-order valence-electron chi connectivity index (χ3n) is 3.26. The molecular weight excluding hydrogens is 242 g/mol. The van der Waals surface area contributed by atoms with Gasteiger partial charge >= 0.3 is 0 Å². The van der Waals surface area contributed by atoms with Crippen LogP contribution in [0.4, 0.5) is 5.69 Å². The molecule has 0 aliphatic heterocycles. The number of rotatable bonds is 9. The Bertz CT molecular complexity index is 375. The van der Waals surface area contributed by atoms with E-state index in [4.69, 9.17) is 0 Å². The number of benzene rings is 1. The van der Waals surface area contributed by atoms with E-state index >= 15 is 0 Å². The van der Waals surface area contributed by atoms with Gasteiger partial charge in [-0.1, -0.05) is 51.2 Å². The third kappa shape index (κ3) is 6.34. The molecule has 0 aliphatic rings. The summed E-state index contributed by atoms with van der Waals surface area (Å²) in [5.41, 5.74) is 1.05. The van der Waals surface area contributed by atoms with Crippen LogP contribution in [0.25, 0.3) is 0 Å². The number of aliphatic hydroxyl groups is 1. The summed E-state index contributed by atoms with van der Waals surface area (Å²) in [5.74, 6) is 0. The van der Waals surface area contributed by atoms with Gasteiger partial charge in [0.05, 0.1) is 11.0 Å². The summed E-state index contributed by atoms with van der Waals surface area (Å²) in [5, 5.41) is 20.4. The van der Waals surface area contributed by atoms with Gasteiger partial charge in [0.25, 0.3) is 5.69 Å². The zero-order valence-corrected chi connectivity index (χ0v) is 11.5. The van der Waals surface area contributed by atoms with Crippen LogP contribution < -0.4 is 0 Å². The van der Waals surface area contributed by atoms with Crippen molar-refractivity contribution in [2.24, 2.45) is 0 Å². The Hall–Kier alpha value is -1.42. The summed E-state index contributed by atoms with van der Waals surface area (Å²) in [4.78, 5) is 10.1. The van der Waals surface area contributed by atoms with Crippen molar-refractivity contribution < 1.29 is 10.0 Å². The summed E-state index contributed by atoms with van der Waals surface area (Å²) in [6.45, 7) is 2.18. The third-order valence-corrected chi connectivity index (χ3v) is 3.26. The van der Waals surface area contributed by atoms with Gasteiger partial charge in [-0.3, -0.25) is 10.1 Å². The summed E-state index contributed by atoms with van der Waals surface area (Å²) in [6.07, 6.45) is 6.99. The lowest BCUT2D eigenvalue weighted by Gasteiger charge is -2.10. The maximum Gasteiger partial charge on any atom is 0.269 e. The van der Waals surface area contributed by atoms with Crippen LogP contribution in [0.1, 0.15) is 51.0 Å². The molecule has 1 aromatic rings. The van der Waals surface area contributed by atoms with Crippen molar-refractivity contribution in [3.63, 3.8) is 0 Å². The van der Waals surface area contributed by atoms with Crippen LogP contribution in [0, 0.1) is 10.1 Å². The van der Waals surface area contributed by atoms with Crippen LogP contribution in [-0.4, -0.2) is 16.1 Å². The zero-order valence-electron chi connectivity index (χ0n) is 11.5. The molecule has 106 valence electrons. The molecule has 0 saturated heterocycles. The van der Waals surface area contributed by atoms with Crippen molar-refractivity contribution >= 4 is 5.69 Å². The van der Waals surface area contributed by atoms with Gasteiger partial charge in [0.1, 0.15) is 0 Å². The molecule has 4 heteroatoms. The molecule has 0 amide bonds. The molecule has 4 nitrogen and oxygen atoms in total. The fourth-order valence-electron chi connectivity index (χ4n) is 2.11. The van der Waals surface area contributed by atoms with Crippen molar-refractivity contribution in [1.82, 2.24) is 0 Å². The Balaban J connectivity index is 2.27. The number of hydrogen-bond donors (Lipinski definition) is 1. The summed E-state index contributed by atoms with van der Waals surface area (Å²) < 4.78 is 0. The molecule has 1 atom stereocenters. The summed E-state index contributed by atoms with van der Waals surface area (Å²) in [6, 6.07) is 6.42. The van der Waals surface area contributed by atoms with Crippen molar-refractivity contribution in [1.29, 1.82) is 0 Å². The molecule has 1 rings (SSSR count). The largest absolute Gasteiger partial charge is 0.393 e. The number of nitrogens with zero attached hydrogens (tertiary/aromatic N) is 1. The lowest BCUT2D eigenvalue weighted by molar-refractivity contribution is -0.384. The van der Waals surface area contributed by atoms with Crippen LogP contribution in [0.15, 0.2) is 24.3 Å². The Kier molecular flexibility index (Phi) is 7.11. The molecule has 0 aliphatic carbocycles. The van der Waals surface area contributed by atoms with E-state index in [0.717, 1.165) is 18.4 Å². The van der Waals surface area contributed by atoms with Gasteiger partial charge in [-0.25, -0.2) is 0 Å². The maximum atomic E-state index is 10.5. The van der Waals surface area contributed by atoms with Crippen LogP contribution in [0.3, 0.4) is 0 Å². The molecule has 1 aromatic carbocycles. The molecule has 0 fully saturated rings. The van der Waals surface area contributed by atoms with E-state index in [9.17, 15) is 15.2 Å².